The second kappa shape index (κ2) is 4.47. The van der Waals surface area contributed by atoms with Crippen LogP contribution < -0.4 is 5.56 Å². The highest BCUT2D eigenvalue weighted by molar-refractivity contribution is 7.08. The third-order valence-corrected chi connectivity index (χ3v) is 3.55. The predicted octanol–water partition coefficient (Wildman–Crippen LogP) is 2.46. The Labute approximate surface area is 112 Å². The van der Waals surface area contributed by atoms with Gasteiger partial charge in [0.2, 0.25) is 0 Å². The van der Waals surface area contributed by atoms with Crippen molar-refractivity contribution in [2.24, 2.45) is 7.05 Å². The van der Waals surface area contributed by atoms with Gasteiger partial charge in [0.25, 0.3) is 5.56 Å². The number of nitrogens with zero attached hydrogens (tertiary/aromatic N) is 3. The zero-order chi connectivity index (χ0) is 13.4. The van der Waals surface area contributed by atoms with Crippen molar-refractivity contribution in [2.45, 2.75) is 6.92 Å². The molecule has 0 spiro atoms. The van der Waals surface area contributed by atoms with Crippen LogP contribution in [0.2, 0.25) is 0 Å². The lowest BCUT2D eigenvalue weighted by molar-refractivity contribution is 0.420. The smallest absolute Gasteiger partial charge is 0.296 e. The van der Waals surface area contributed by atoms with Crippen molar-refractivity contribution in [2.75, 3.05) is 0 Å². The van der Waals surface area contributed by atoms with Crippen LogP contribution in [0.3, 0.4) is 0 Å². The van der Waals surface area contributed by atoms with Crippen LogP contribution in [0.4, 0.5) is 0 Å². The molecule has 0 aliphatic rings. The Morgan fingerprint density at radius 3 is 3.00 bits per heavy atom. The van der Waals surface area contributed by atoms with E-state index >= 15 is 0 Å². The molecule has 0 aromatic carbocycles. The van der Waals surface area contributed by atoms with E-state index in [0.717, 1.165) is 11.3 Å². The van der Waals surface area contributed by atoms with Crippen molar-refractivity contribution in [3.05, 3.63) is 44.2 Å². The molecule has 0 aliphatic carbocycles. The number of rotatable bonds is 2. The first-order valence-electron chi connectivity index (χ1n) is 5.70. The summed E-state index contributed by atoms with van der Waals surface area (Å²) in [6.45, 7) is 1.83. The van der Waals surface area contributed by atoms with Gasteiger partial charge in [-0.3, -0.25) is 4.79 Å². The number of hydrogen-bond donors (Lipinski definition) is 0. The van der Waals surface area contributed by atoms with Crippen molar-refractivity contribution in [1.29, 1.82) is 0 Å². The first kappa shape index (κ1) is 11.9. The van der Waals surface area contributed by atoms with Gasteiger partial charge in [-0.2, -0.15) is 16.4 Å². The molecule has 0 N–H and O–H groups in total. The van der Waals surface area contributed by atoms with Crippen LogP contribution in [-0.4, -0.2) is 14.9 Å². The molecule has 6 heteroatoms. The number of aryl methyl sites for hydroxylation is 2. The van der Waals surface area contributed by atoms with Gasteiger partial charge in [-0.25, -0.2) is 4.68 Å². The average molecular weight is 273 g/mol. The van der Waals surface area contributed by atoms with E-state index in [0.29, 0.717) is 16.7 Å². The number of aromatic nitrogens is 3. The Morgan fingerprint density at radius 1 is 1.42 bits per heavy atom. The van der Waals surface area contributed by atoms with Crippen LogP contribution in [0.15, 0.2) is 26.1 Å². The van der Waals surface area contributed by atoms with Gasteiger partial charge in [0.1, 0.15) is 0 Å². The Balaban J connectivity index is 2.16. The van der Waals surface area contributed by atoms with E-state index in [-0.39, 0.29) is 5.56 Å². The normalized spacial score (nSPS) is 11.7. The molecule has 3 aromatic heterocycles. The Bertz CT molecular complexity index is 812. The summed E-state index contributed by atoms with van der Waals surface area (Å²) in [6.07, 6.45) is 3.73. The average Bonchev–Trinajstić information content (AvgIpc) is 3.03. The van der Waals surface area contributed by atoms with Gasteiger partial charge < -0.3 is 4.52 Å². The van der Waals surface area contributed by atoms with Crippen LogP contribution in [0.25, 0.3) is 23.1 Å². The molecule has 0 amide bonds. The zero-order valence-electron chi connectivity index (χ0n) is 10.5. The van der Waals surface area contributed by atoms with E-state index in [4.69, 9.17) is 4.52 Å². The summed E-state index contributed by atoms with van der Waals surface area (Å²) in [5.74, 6) is 0.559. The summed E-state index contributed by atoms with van der Waals surface area (Å²) in [4.78, 5) is 11.9. The second-order valence-electron chi connectivity index (χ2n) is 4.17. The van der Waals surface area contributed by atoms with E-state index in [9.17, 15) is 4.79 Å². The molecular weight excluding hydrogens is 262 g/mol. The molecule has 19 heavy (non-hydrogen) atoms. The van der Waals surface area contributed by atoms with Crippen molar-refractivity contribution < 1.29 is 4.52 Å². The van der Waals surface area contributed by atoms with E-state index in [1.807, 2.05) is 35.9 Å². The molecule has 3 rings (SSSR count). The molecular formula is C13H11N3O2S. The highest BCUT2D eigenvalue weighted by atomic mass is 32.1. The van der Waals surface area contributed by atoms with Gasteiger partial charge in [0.15, 0.2) is 11.3 Å². The summed E-state index contributed by atoms with van der Waals surface area (Å²) in [7, 11) is 1.60. The summed E-state index contributed by atoms with van der Waals surface area (Å²) in [5, 5.41) is 12.7. The second-order valence-corrected chi connectivity index (χ2v) is 4.95. The molecule has 0 radical (unpaired) electrons. The van der Waals surface area contributed by atoms with Gasteiger partial charge in [-0.1, -0.05) is 11.2 Å². The van der Waals surface area contributed by atoms with Crippen molar-refractivity contribution in [3.63, 3.8) is 0 Å². The van der Waals surface area contributed by atoms with E-state index in [1.165, 1.54) is 4.68 Å². The molecule has 3 heterocycles. The summed E-state index contributed by atoms with van der Waals surface area (Å²) in [6, 6.07) is 2.00. The number of fused-ring (bicyclic) bond motifs is 1. The fourth-order valence-electron chi connectivity index (χ4n) is 1.93. The third-order valence-electron chi connectivity index (χ3n) is 2.85. The fraction of sp³-hybridized carbons (Fsp3) is 0.154. The number of hydrogen-bond acceptors (Lipinski definition) is 5. The quantitative estimate of drug-likeness (QED) is 0.719. The molecule has 0 aliphatic heterocycles. The minimum Gasteiger partial charge on any atom is -0.355 e. The van der Waals surface area contributed by atoms with Crippen LogP contribution in [0, 0.1) is 6.92 Å². The summed E-state index contributed by atoms with van der Waals surface area (Å²) < 4.78 is 6.51. The fourth-order valence-corrected chi connectivity index (χ4v) is 2.56. The minimum absolute atomic E-state index is 0.250. The lowest BCUT2D eigenvalue weighted by Gasteiger charge is -1.98. The maximum atomic E-state index is 11.9. The SMILES string of the molecule is Cc1nn(C)c(=O)c2noc(/C=C/c3ccsc3)c12. The van der Waals surface area contributed by atoms with Crippen LogP contribution in [0.1, 0.15) is 17.0 Å². The first-order chi connectivity index (χ1) is 9.16. The maximum absolute atomic E-state index is 11.9. The molecule has 0 unspecified atom stereocenters. The highest BCUT2D eigenvalue weighted by Crippen LogP contribution is 2.20. The minimum atomic E-state index is -0.250. The number of thiophene rings is 1. The van der Waals surface area contributed by atoms with Gasteiger partial charge >= 0.3 is 0 Å². The Morgan fingerprint density at radius 2 is 2.26 bits per heavy atom. The third kappa shape index (κ3) is 2.00. The van der Waals surface area contributed by atoms with Crippen molar-refractivity contribution >= 4 is 34.4 Å². The Hall–Kier alpha value is -2.21. The van der Waals surface area contributed by atoms with Crippen LogP contribution in [-0.2, 0) is 7.05 Å². The van der Waals surface area contributed by atoms with E-state index in [1.54, 1.807) is 18.4 Å². The summed E-state index contributed by atoms with van der Waals surface area (Å²) >= 11 is 1.62. The summed E-state index contributed by atoms with van der Waals surface area (Å²) in [5.41, 5.74) is 1.88. The van der Waals surface area contributed by atoms with Gasteiger partial charge in [-0.15, -0.1) is 0 Å². The predicted molar refractivity (Wildman–Crippen MR) is 75.0 cm³/mol. The molecule has 96 valence electrons. The molecule has 0 saturated heterocycles. The van der Waals surface area contributed by atoms with Crippen LogP contribution in [0.5, 0.6) is 0 Å². The van der Waals surface area contributed by atoms with Crippen molar-refractivity contribution in [3.8, 4) is 0 Å². The monoisotopic (exact) mass is 273 g/mol. The topological polar surface area (TPSA) is 60.9 Å². The maximum Gasteiger partial charge on any atom is 0.296 e. The molecule has 5 nitrogen and oxygen atoms in total. The molecule has 0 bridgehead atoms. The standard InChI is InChI=1S/C13H11N3O2S/c1-8-11-10(4-3-9-5-6-19-7-9)18-15-12(11)13(17)16(2)14-8/h3-7H,1-2H3/b4-3+. The molecule has 0 saturated carbocycles. The van der Waals surface area contributed by atoms with Crippen molar-refractivity contribution in [1.82, 2.24) is 14.9 Å². The van der Waals surface area contributed by atoms with Gasteiger partial charge in [0.05, 0.1) is 11.1 Å². The van der Waals surface area contributed by atoms with Gasteiger partial charge in [0, 0.05) is 7.05 Å². The van der Waals surface area contributed by atoms with E-state index < -0.39 is 0 Å². The van der Waals surface area contributed by atoms with E-state index in [2.05, 4.69) is 10.3 Å². The molecule has 3 aromatic rings. The molecule has 0 fully saturated rings. The first-order valence-corrected chi connectivity index (χ1v) is 6.64. The largest absolute Gasteiger partial charge is 0.355 e. The highest BCUT2D eigenvalue weighted by Gasteiger charge is 2.14. The zero-order valence-corrected chi connectivity index (χ0v) is 11.3. The molecule has 0 atom stereocenters. The lowest BCUT2D eigenvalue weighted by atomic mass is 10.2. The Kier molecular flexibility index (Phi) is 2.79. The van der Waals surface area contributed by atoms with Gasteiger partial charge in [-0.05, 0) is 35.4 Å². The lowest BCUT2D eigenvalue weighted by Crippen LogP contribution is -2.20. The van der Waals surface area contributed by atoms with Crippen LogP contribution >= 0.6 is 11.3 Å².